The Morgan fingerprint density at radius 2 is 2.11 bits per heavy atom. The molecule has 1 fully saturated rings. The second-order valence-corrected chi connectivity index (χ2v) is 5.73. The number of piperidine rings is 1. The summed E-state index contributed by atoms with van der Waals surface area (Å²) in [5.41, 5.74) is 2.71. The summed E-state index contributed by atoms with van der Waals surface area (Å²) in [7, 11) is 3.70. The van der Waals surface area contributed by atoms with E-state index in [0.717, 1.165) is 32.5 Å². The molecular weight excluding hydrogens is 236 g/mol. The van der Waals surface area contributed by atoms with Gasteiger partial charge < -0.3 is 4.90 Å². The molecule has 1 aliphatic heterocycles. The van der Waals surface area contributed by atoms with E-state index in [1.807, 2.05) is 14.1 Å². The summed E-state index contributed by atoms with van der Waals surface area (Å²) in [5.74, 6) is 0.447. The standard InChI is InChI=1S/C16H24N2O/c1-13-7-4-5-8-14(13)11-18-10-6-9-15(12-18)16(19)17(2)3/h4-5,7-8,15H,6,9-12H2,1-3H3. The Hall–Kier alpha value is -1.35. The Balaban J connectivity index is 1.98. The molecule has 1 unspecified atom stereocenters. The molecule has 0 aromatic heterocycles. The van der Waals surface area contributed by atoms with E-state index in [1.165, 1.54) is 11.1 Å². The second kappa shape index (κ2) is 6.20. The molecule has 0 bridgehead atoms. The van der Waals surface area contributed by atoms with Gasteiger partial charge in [0.25, 0.3) is 0 Å². The van der Waals surface area contributed by atoms with Crippen LogP contribution in [0.15, 0.2) is 24.3 Å². The van der Waals surface area contributed by atoms with Gasteiger partial charge in [-0.3, -0.25) is 9.69 Å². The largest absolute Gasteiger partial charge is 0.349 e. The molecule has 0 radical (unpaired) electrons. The van der Waals surface area contributed by atoms with Gasteiger partial charge >= 0.3 is 0 Å². The van der Waals surface area contributed by atoms with Gasteiger partial charge in [0.1, 0.15) is 0 Å². The van der Waals surface area contributed by atoms with Crippen molar-refractivity contribution < 1.29 is 4.79 Å². The third kappa shape index (κ3) is 3.57. The van der Waals surface area contributed by atoms with Gasteiger partial charge in [0, 0.05) is 27.2 Å². The van der Waals surface area contributed by atoms with Gasteiger partial charge in [-0.25, -0.2) is 0 Å². The van der Waals surface area contributed by atoms with Crippen LogP contribution in [0.4, 0.5) is 0 Å². The van der Waals surface area contributed by atoms with Crippen molar-refractivity contribution in [2.45, 2.75) is 26.3 Å². The highest BCUT2D eigenvalue weighted by atomic mass is 16.2. The number of nitrogens with zero attached hydrogens (tertiary/aromatic N) is 2. The summed E-state index contributed by atoms with van der Waals surface area (Å²) in [5, 5.41) is 0. The van der Waals surface area contributed by atoms with Crippen LogP contribution in [-0.4, -0.2) is 42.9 Å². The van der Waals surface area contributed by atoms with Crippen molar-refractivity contribution in [2.24, 2.45) is 5.92 Å². The third-order valence-electron chi connectivity index (χ3n) is 3.95. The zero-order valence-corrected chi connectivity index (χ0v) is 12.2. The molecule has 1 aromatic carbocycles. The lowest BCUT2D eigenvalue weighted by Crippen LogP contribution is -2.42. The molecule has 1 aromatic rings. The highest BCUT2D eigenvalue weighted by Gasteiger charge is 2.26. The summed E-state index contributed by atoms with van der Waals surface area (Å²) in [4.78, 5) is 16.2. The average molecular weight is 260 g/mol. The van der Waals surface area contributed by atoms with E-state index in [-0.39, 0.29) is 11.8 Å². The summed E-state index contributed by atoms with van der Waals surface area (Å²) >= 11 is 0. The van der Waals surface area contributed by atoms with Gasteiger partial charge in [-0.05, 0) is 37.4 Å². The predicted molar refractivity (Wildman–Crippen MR) is 77.9 cm³/mol. The summed E-state index contributed by atoms with van der Waals surface area (Å²) < 4.78 is 0. The van der Waals surface area contributed by atoms with Crippen LogP contribution in [0.3, 0.4) is 0 Å². The number of amides is 1. The maximum atomic E-state index is 12.1. The summed E-state index contributed by atoms with van der Waals surface area (Å²) in [6, 6.07) is 8.51. The maximum Gasteiger partial charge on any atom is 0.226 e. The molecule has 1 aliphatic rings. The molecule has 2 rings (SSSR count). The second-order valence-electron chi connectivity index (χ2n) is 5.73. The molecule has 0 saturated carbocycles. The van der Waals surface area contributed by atoms with E-state index in [4.69, 9.17) is 0 Å². The van der Waals surface area contributed by atoms with Crippen LogP contribution in [0.25, 0.3) is 0 Å². The number of carbonyl (C=O) groups is 1. The Kier molecular flexibility index (Phi) is 4.59. The van der Waals surface area contributed by atoms with Crippen molar-refractivity contribution >= 4 is 5.91 Å². The first-order valence-corrected chi connectivity index (χ1v) is 7.06. The minimum absolute atomic E-state index is 0.174. The van der Waals surface area contributed by atoms with Crippen molar-refractivity contribution in [1.29, 1.82) is 0 Å². The average Bonchev–Trinajstić information content (AvgIpc) is 2.41. The molecule has 0 spiro atoms. The number of rotatable bonds is 3. The maximum absolute atomic E-state index is 12.1. The van der Waals surface area contributed by atoms with Crippen molar-refractivity contribution in [3.8, 4) is 0 Å². The fraction of sp³-hybridized carbons (Fsp3) is 0.562. The number of benzene rings is 1. The Morgan fingerprint density at radius 3 is 2.79 bits per heavy atom. The van der Waals surface area contributed by atoms with Crippen molar-refractivity contribution in [2.75, 3.05) is 27.2 Å². The first-order chi connectivity index (χ1) is 9.08. The van der Waals surface area contributed by atoms with Gasteiger partial charge in [0.2, 0.25) is 5.91 Å². The van der Waals surface area contributed by atoms with Crippen molar-refractivity contribution in [1.82, 2.24) is 9.80 Å². The molecule has 0 N–H and O–H groups in total. The van der Waals surface area contributed by atoms with Crippen LogP contribution in [0.5, 0.6) is 0 Å². The van der Waals surface area contributed by atoms with E-state index in [9.17, 15) is 4.79 Å². The number of hydrogen-bond acceptors (Lipinski definition) is 2. The van der Waals surface area contributed by atoms with Gasteiger partial charge in [-0.1, -0.05) is 24.3 Å². The van der Waals surface area contributed by atoms with Crippen LogP contribution in [0.1, 0.15) is 24.0 Å². The van der Waals surface area contributed by atoms with Gasteiger partial charge in [0.05, 0.1) is 5.92 Å². The number of likely N-dealkylation sites (tertiary alicyclic amines) is 1. The zero-order valence-electron chi connectivity index (χ0n) is 12.2. The molecule has 19 heavy (non-hydrogen) atoms. The fourth-order valence-corrected chi connectivity index (χ4v) is 2.79. The summed E-state index contributed by atoms with van der Waals surface area (Å²) in [6.07, 6.45) is 2.15. The minimum atomic E-state index is 0.174. The molecule has 1 saturated heterocycles. The molecule has 3 heteroatoms. The Morgan fingerprint density at radius 1 is 1.37 bits per heavy atom. The van der Waals surface area contributed by atoms with Crippen LogP contribution >= 0.6 is 0 Å². The van der Waals surface area contributed by atoms with Gasteiger partial charge in [-0.2, -0.15) is 0 Å². The van der Waals surface area contributed by atoms with E-state index in [1.54, 1.807) is 4.90 Å². The van der Waals surface area contributed by atoms with Crippen molar-refractivity contribution in [3.63, 3.8) is 0 Å². The lowest BCUT2D eigenvalue weighted by Gasteiger charge is -2.33. The molecule has 3 nitrogen and oxygen atoms in total. The number of aryl methyl sites for hydroxylation is 1. The molecule has 1 atom stereocenters. The highest BCUT2D eigenvalue weighted by Crippen LogP contribution is 2.20. The molecule has 104 valence electrons. The van der Waals surface area contributed by atoms with E-state index < -0.39 is 0 Å². The number of carbonyl (C=O) groups excluding carboxylic acids is 1. The fourth-order valence-electron chi connectivity index (χ4n) is 2.79. The summed E-state index contributed by atoms with van der Waals surface area (Å²) in [6.45, 7) is 5.11. The highest BCUT2D eigenvalue weighted by molar-refractivity contribution is 5.78. The third-order valence-corrected chi connectivity index (χ3v) is 3.95. The van der Waals surface area contributed by atoms with Crippen LogP contribution < -0.4 is 0 Å². The van der Waals surface area contributed by atoms with E-state index in [0.29, 0.717) is 0 Å². The van der Waals surface area contributed by atoms with Crippen LogP contribution in [-0.2, 0) is 11.3 Å². The van der Waals surface area contributed by atoms with Crippen LogP contribution in [0, 0.1) is 12.8 Å². The Labute approximate surface area is 116 Å². The molecule has 1 amide bonds. The smallest absolute Gasteiger partial charge is 0.226 e. The molecule has 0 aliphatic carbocycles. The van der Waals surface area contributed by atoms with Gasteiger partial charge in [0.15, 0.2) is 0 Å². The lowest BCUT2D eigenvalue weighted by molar-refractivity contribution is -0.134. The molecular formula is C16H24N2O. The lowest BCUT2D eigenvalue weighted by atomic mass is 9.96. The van der Waals surface area contributed by atoms with Crippen molar-refractivity contribution in [3.05, 3.63) is 35.4 Å². The minimum Gasteiger partial charge on any atom is -0.349 e. The topological polar surface area (TPSA) is 23.6 Å². The predicted octanol–water partition coefficient (Wildman–Crippen LogP) is 2.30. The first kappa shape index (κ1) is 14.1. The normalized spacial score (nSPS) is 20.3. The quantitative estimate of drug-likeness (QED) is 0.832. The zero-order chi connectivity index (χ0) is 13.8. The first-order valence-electron chi connectivity index (χ1n) is 7.06. The number of hydrogen-bond donors (Lipinski definition) is 0. The van der Waals surface area contributed by atoms with E-state index in [2.05, 4.69) is 36.1 Å². The SMILES string of the molecule is Cc1ccccc1CN1CCCC(C(=O)N(C)C)C1. The van der Waals surface area contributed by atoms with E-state index >= 15 is 0 Å². The van der Waals surface area contributed by atoms with Gasteiger partial charge in [-0.15, -0.1) is 0 Å². The monoisotopic (exact) mass is 260 g/mol. The van der Waals surface area contributed by atoms with Crippen LogP contribution in [0.2, 0.25) is 0 Å². The molecule has 1 heterocycles. The Bertz CT molecular complexity index is 442.